The summed E-state index contributed by atoms with van der Waals surface area (Å²) in [7, 11) is 3.77. The number of hydrogen-bond donors (Lipinski definition) is 1. The minimum absolute atomic E-state index is 0.490. The summed E-state index contributed by atoms with van der Waals surface area (Å²) in [6.45, 7) is 3.97. The van der Waals surface area contributed by atoms with Crippen molar-refractivity contribution in [2.75, 3.05) is 50.6 Å². The van der Waals surface area contributed by atoms with Gasteiger partial charge in [0.25, 0.3) is 0 Å². The summed E-state index contributed by atoms with van der Waals surface area (Å²) in [6.07, 6.45) is 1.71. The second-order valence-electron chi connectivity index (χ2n) is 5.29. The lowest BCUT2D eigenvalue weighted by atomic mass is 10.3. The maximum atomic E-state index is 5.21. The van der Waals surface area contributed by atoms with E-state index in [1.54, 1.807) is 13.3 Å². The van der Waals surface area contributed by atoms with Crippen LogP contribution in [0.1, 0.15) is 0 Å². The van der Waals surface area contributed by atoms with Crippen molar-refractivity contribution in [3.63, 3.8) is 0 Å². The summed E-state index contributed by atoms with van der Waals surface area (Å²) in [5.41, 5.74) is 0.872. The third kappa shape index (κ3) is 3.43. The third-order valence-electron chi connectivity index (χ3n) is 3.70. The van der Waals surface area contributed by atoms with E-state index >= 15 is 0 Å². The van der Waals surface area contributed by atoms with Gasteiger partial charge in [0.15, 0.2) is 5.82 Å². The van der Waals surface area contributed by atoms with Crippen LogP contribution in [0.2, 0.25) is 0 Å². The summed E-state index contributed by atoms with van der Waals surface area (Å²) in [5, 5.41) is 11.3. The minimum Gasteiger partial charge on any atom is -0.497 e. The van der Waals surface area contributed by atoms with Crippen molar-refractivity contribution in [3.8, 4) is 5.75 Å². The normalized spacial score (nSPS) is 15.6. The molecule has 1 N–H and O–H groups in total. The number of benzene rings is 1. The Morgan fingerprint density at radius 2 is 2.00 bits per heavy atom. The summed E-state index contributed by atoms with van der Waals surface area (Å²) < 4.78 is 5.21. The summed E-state index contributed by atoms with van der Waals surface area (Å²) >= 11 is 0. The Bertz CT molecular complexity index is 627. The Kier molecular flexibility index (Phi) is 4.34. The van der Waals surface area contributed by atoms with E-state index in [4.69, 9.17) is 4.74 Å². The lowest BCUT2D eigenvalue weighted by Gasteiger charge is -2.32. The average molecular weight is 300 g/mol. The standard InChI is InChI=1S/C15H20N6O/c1-20-6-8-21(9-7-20)14-11-16-19-15(18-14)17-12-4-3-5-13(10-12)22-2/h3-5,10-11H,6-9H2,1-2H3,(H,17,18,19). The van der Waals surface area contributed by atoms with Crippen LogP contribution in [0.5, 0.6) is 5.75 Å². The SMILES string of the molecule is COc1cccc(Nc2nncc(N3CCN(C)CC3)n2)c1. The molecule has 3 rings (SSSR count). The molecule has 2 heterocycles. The van der Waals surface area contributed by atoms with Gasteiger partial charge < -0.3 is 19.9 Å². The second-order valence-corrected chi connectivity index (χ2v) is 5.29. The fourth-order valence-corrected chi connectivity index (χ4v) is 2.37. The first-order valence-electron chi connectivity index (χ1n) is 7.29. The zero-order valence-electron chi connectivity index (χ0n) is 12.9. The number of piperazine rings is 1. The van der Waals surface area contributed by atoms with Crippen LogP contribution >= 0.6 is 0 Å². The zero-order chi connectivity index (χ0) is 15.4. The van der Waals surface area contributed by atoms with E-state index in [1.165, 1.54) is 0 Å². The number of nitrogens with one attached hydrogen (secondary N) is 1. The molecule has 7 heteroatoms. The highest BCUT2D eigenvalue weighted by molar-refractivity contribution is 5.56. The van der Waals surface area contributed by atoms with Crippen molar-refractivity contribution < 1.29 is 4.74 Å². The highest BCUT2D eigenvalue weighted by Crippen LogP contribution is 2.20. The van der Waals surface area contributed by atoms with Gasteiger partial charge in [0.1, 0.15) is 5.75 Å². The highest BCUT2D eigenvalue weighted by Gasteiger charge is 2.16. The summed E-state index contributed by atoms with van der Waals surface area (Å²) in [6, 6.07) is 7.64. The van der Waals surface area contributed by atoms with Crippen LogP contribution in [-0.2, 0) is 0 Å². The van der Waals surface area contributed by atoms with Gasteiger partial charge in [-0.25, -0.2) is 0 Å². The van der Waals surface area contributed by atoms with Crippen molar-refractivity contribution in [1.82, 2.24) is 20.1 Å². The Morgan fingerprint density at radius 3 is 2.77 bits per heavy atom. The molecule has 1 fully saturated rings. The molecule has 0 spiro atoms. The Balaban J connectivity index is 1.73. The fourth-order valence-electron chi connectivity index (χ4n) is 2.37. The Labute approximate surface area is 129 Å². The number of likely N-dealkylation sites (N-methyl/N-ethyl adjacent to an activating group) is 1. The summed E-state index contributed by atoms with van der Waals surface area (Å²) in [4.78, 5) is 9.09. The highest BCUT2D eigenvalue weighted by atomic mass is 16.5. The van der Waals surface area contributed by atoms with Gasteiger partial charge in [-0.15, -0.1) is 5.10 Å². The molecule has 116 valence electrons. The monoisotopic (exact) mass is 300 g/mol. The first kappa shape index (κ1) is 14.5. The van der Waals surface area contributed by atoms with Crippen molar-refractivity contribution in [3.05, 3.63) is 30.5 Å². The van der Waals surface area contributed by atoms with Gasteiger partial charge in [-0.05, 0) is 19.2 Å². The van der Waals surface area contributed by atoms with Gasteiger partial charge in [0, 0.05) is 37.9 Å². The van der Waals surface area contributed by atoms with Crippen LogP contribution in [-0.4, -0.2) is 60.4 Å². The van der Waals surface area contributed by atoms with Crippen molar-refractivity contribution in [1.29, 1.82) is 0 Å². The Morgan fingerprint density at radius 1 is 1.18 bits per heavy atom. The lowest BCUT2D eigenvalue weighted by Crippen LogP contribution is -2.44. The predicted octanol–water partition coefficient (Wildman–Crippen LogP) is 1.38. The van der Waals surface area contributed by atoms with E-state index < -0.39 is 0 Å². The van der Waals surface area contributed by atoms with E-state index in [9.17, 15) is 0 Å². The van der Waals surface area contributed by atoms with Crippen LogP contribution in [0.3, 0.4) is 0 Å². The van der Waals surface area contributed by atoms with Gasteiger partial charge in [-0.2, -0.15) is 10.1 Å². The van der Waals surface area contributed by atoms with E-state index in [2.05, 4.69) is 37.3 Å². The molecule has 22 heavy (non-hydrogen) atoms. The van der Waals surface area contributed by atoms with E-state index in [0.29, 0.717) is 5.95 Å². The number of anilines is 3. The topological polar surface area (TPSA) is 66.4 Å². The number of methoxy groups -OCH3 is 1. The molecule has 1 aliphatic heterocycles. The molecule has 0 amide bonds. The lowest BCUT2D eigenvalue weighted by molar-refractivity contribution is 0.312. The van der Waals surface area contributed by atoms with Crippen LogP contribution in [0, 0.1) is 0 Å². The van der Waals surface area contributed by atoms with Gasteiger partial charge in [0.2, 0.25) is 5.95 Å². The van der Waals surface area contributed by atoms with Crippen LogP contribution in [0.4, 0.5) is 17.5 Å². The number of nitrogens with zero attached hydrogens (tertiary/aromatic N) is 5. The molecule has 0 unspecified atom stereocenters. The smallest absolute Gasteiger partial charge is 0.249 e. The molecule has 1 saturated heterocycles. The van der Waals surface area contributed by atoms with E-state index in [0.717, 1.165) is 43.4 Å². The Hall–Kier alpha value is -2.41. The van der Waals surface area contributed by atoms with Crippen LogP contribution in [0.15, 0.2) is 30.5 Å². The molecule has 2 aromatic rings. The number of ether oxygens (including phenoxy) is 1. The first-order chi connectivity index (χ1) is 10.7. The molecule has 1 aromatic carbocycles. The molecular formula is C15H20N6O. The largest absolute Gasteiger partial charge is 0.497 e. The molecule has 0 bridgehead atoms. The number of hydrogen-bond acceptors (Lipinski definition) is 7. The molecule has 1 aromatic heterocycles. The molecule has 0 saturated carbocycles. The molecular weight excluding hydrogens is 280 g/mol. The maximum Gasteiger partial charge on any atom is 0.249 e. The fraction of sp³-hybridized carbons (Fsp3) is 0.400. The average Bonchev–Trinajstić information content (AvgIpc) is 2.56. The molecule has 1 aliphatic rings. The molecule has 0 atom stereocenters. The first-order valence-corrected chi connectivity index (χ1v) is 7.29. The van der Waals surface area contributed by atoms with E-state index in [1.807, 2.05) is 24.3 Å². The van der Waals surface area contributed by atoms with Gasteiger partial charge >= 0.3 is 0 Å². The molecule has 0 radical (unpaired) electrons. The third-order valence-corrected chi connectivity index (χ3v) is 3.70. The van der Waals surface area contributed by atoms with Gasteiger partial charge in [0.05, 0.1) is 13.3 Å². The second kappa shape index (κ2) is 6.57. The molecule has 0 aliphatic carbocycles. The van der Waals surface area contributed by atoms with Gasteiger partial charge in [-0.3, -0.25) is 0 Å². The number of rotatable bonds is 4. The summed E-state index contributed by atoms with van der Waals surface area (Å²) in [5.74, 6) is 2.13. The quantitative estimate of drug-likeness (QED) is 0.915. The van der Waals surface area contributed by atoms with Crippen LogP contribution in [0.25, 0.3) is 0 Å². The van der Waals surface area contributed by atoms with Crippen molar-refractivity contribution in [2.45, 2.75) is 0 Å². The maximum absolute atomic E-state index is 5.21. The predicted molar refractivity (Wildman–Crippen MR) is 85.8 cm³/mol. The van der Waals surface area contributed by atoms with Gasteiger partial charge in [-0.1, -0.05) is 6.07 Å². The molecule has 7 nitrogen and oxygen atoms in total. The number of aromatic nitrogens is 3. The van der Waals surface area contributed by atoms with Crippen molar-refractivity contribution >= 4 is 17.5 Å². The minimum atomic E-state index is 0.490. The van der Waals surface area contributed by atoms with Crippen LogP contribution < -0.4 is 15.0 Å². The van der Waals surface area contributed by atoms with Crippen molar-refractivity contribution in [2.24, 2.45) is 0 Å². The zero-order valence-corrected chi connectivity index (χ0v) is 12.9. The van der Waals surface area contributed by atoms with E-state index in [-0.39, 0.29) is 0 Å².